The molecule has 0 aromatic heterocycles. The molecule has 0 spiro atoms. The van der Waals surface area contributed by atoms with Crippen molar-refractivity contribution >= 4 is 5.71 Å². The predicted octanol–water partition coefficient (Wildman–Crippen LogP) is 3.94. The number of nitrogens with zero attached hydrogens (tertiary/aromatic N) is 1. The van der Waals surface area contributed by atoms with Gasteiger partial charge in [-0.25, -0.2) is 0 Å². The minimum atomic E-state index is 0.832. The molecular weight excluding hydrogens is 170 g/mol. The summed E-state index contributed by atoms with van der Waals surface area (Å²) in [6, 6.07) is 0. The van der Waals surface area contributed by atoms with Gasteiger partial charge in [0, 0.05) is 5.71 Å². The van der Waals surface area contributed by atoms with E-state index in [1.54, 1.807) is 0 Å². The van der Waals surface area contributed by atoms with Crippen LogP contribution in [0.1, 0.15) is 34.6 Å². The first kappa shape index (κ1) is 12.9. The summed E-state index contributed by atoms with van der Waals surface area (Å²) in [5.74, 6) is 0. The lowest BCUT2D eigenvalue weighted by atomic mass is 10.1. The van der Waals surface area contributed by atoms with Crippen LogP contribution in [0.4, 0.5) is 0 Å². The number of rotatable bonds is 1. The molecule has 0 N–H and O–H groups in total. The summed E-state index contributed by atoms with van der Waals surface area (Å²) in [5, 5.41) is 0. The van der Waals surface area contributed by atoms with Crippen molar-refractivity contribution in [3.8, 4) is 0 Å². The van der Waals surface area contributed by atoms with Crippen LogP contribution >= 0.6 is 0 Å². The summed E-state index contributed by atoms with van der Waals surface area (Å²) >= 11 is 0. The number of hydrogen-bond acceptors (Lipinski definition) is 1. The van der Waals surface area contributed by atoms with E-state index < -0.39 is 0 Å². The molecule has 1 rings (SSSR count). The number of allylic oxidation sites excluding steroid dienone is 5. The van der Waals surface area contributed by atoms with Gasteiger partial charge in [0.25, 0.3) is 0 Å². The summed E-state index contributed by atoms with van der Waals surface area (Å²) < 4.78 is 0. The molecule has 0 saturated carbocycles. The fourth-order valence-corrected chi connectivity index (χ4v) is 1.12. The van der Waals surface area contributed by atoms with Crippen molar-refractivity contribution in [1.82, 2.24) is 0 Å². The van der Waals surface area contributed by atoms with Crippen molar-refractivity contribution in [2.24, 2.45) is 4.99 Å². The van der Waals surface area contributed by atoms with Gasteiger partial charge in [0.1, 0.15) is 0 Å². The van der Waals surface area contributed by atoms with Crippen LogP contribution in [0, 0.1) is 0 Å². The highest BCUT2D eigenvalue weighted by Crippen LogP contribution is 2.11. The van der Waals surface area contributed by atoms with Crippen molar-refractivity contribution in [2.45, 2.75) is 34.6 Å². The Morgan fingerprint density at radius 3 is 2.43 bits per heavy atom. The maximum absolute atomic E-state index is 4.38. The second-order valence-corrected chi connectivity index (χ2v) is 3.03. The Kier molecular flexibility index (Phi) is 6.73. The summed E-state index contributed by atoms with van der Waals surface area (Å²) in [7, 11) is 0. The molecule has 0 bridgehead atoms. The summed E-state index contributed by atoms with van der Waals surface area (Å²) in [6.07, 6.45) is 8.37. The summed E-state index contributed by atoms with van der Waals surface area (Å²) in [4.78, 5) is 4.38. The van der Waals surface area contributed by atoms with E-state index in [2.05, 4.69) is 36.2 Å². The molecule has 1 heterocycles. The fraction of sp³-hybridized carbons (Fsp3) is 0.462. The first-order valence-corrected chi connectivity index (χ1v) is 5.25. The molecule has 0 amide bonds. The molecular formula is C13H21N. The SMILES string of the molecule is C/C=C\C1=C(C)CN=C(C)C=C1.CC. The van der Waals surface area contributed by atoms with E-state index in [-0.39, 0.29) is 0 Å². The van der Waals surface area contributed by atoms with Crippen LogP contribution in [0.15, 0.2) is 40.4 Å². The average Bonchev–Trinajstić information content (AvgIpc) is 2.37. The Morgan fingerprint density at radius 1 is 1.21 bits per heavy atom. The van der Waals surface area contributed by atoms with Gasteiger partial charge in [0.15, 0.2) is 0 Å². The van der Waals surface area contributed by atoms with Crippen molar-refractivity contribution in [1.29, 1.82) is 0 Å². The molecule has 0 aromatic rings. The molecule has 0 atom stereocenters. The van der Waals surface area contributed by atoms with E-state index >= 15 is 0 Å². The minimum absolute atomic E-state index is 0.832. The second-order valence-electron chi connectivity index (χ2n) is 3.03. The molecule has 1 heteroatoms. The third-order valence-corrected chi connectivity index (χ3v) is 1.91. The molecule has 1 nitrogen and oxygen atoms in total. The normalized spacial score (nSPS) is 16.2. The average molecular weight is 191 g/mol. The highest BCUT2D eigenvalue weighted by Gasteiger charge is 1.98. The van der Waals surface area contributed by atoms with Gasteiger partial charge in [-0.3, -0.25) is 4.99 Å². The molecule has 0 aliphatic carbocycles. The molecule has 0 fully saturated rings. The molecule has 0 aromatic carbocycles. The van der Waals surface area contributed by atoms with Crippen LogP contribution in [0.25, 0.3) is 0 Å². The van der Waals surface area contributed by atoms with Crippen molar-refractivity contribution < 1.29 is 0 Å². The highest BCUT2D eigenvalue weighted by atomic mass is 14.7. The molecule has 0 radical (unpaired) electrons. The molecule has 0 unspecified atom stereocenters. The monoisotopic (exact) mass is 191 g/mol. The van der Waals surface area contributed by atoms with Crippen LogP contribution in [-0.4, -0.2) is 12.3 Å². The van der Waals surface area contributed by atoms with Crippen LogP contribution < -0.4 is 0 Å². The van der Waals surface area contributed by atoms with Gasteiger partial charge >= 0.3 is 0 Å². The highest BCUT2D eigenvalue weighted by molar-refractivity contribution is 5.93. The molecule has 1 aliphatic rings. The predicted molar refractivity (Wildman–Crippen MR) is 66.0 cm³/mol. The van der Waals surface area contributed by atoms with Crippen LogP contribution in [0.3, 0.4) is 0 Å². The maximum atomic E-state index is 4.38. The number of hydrogen-bond donors (Lipinski definition) is 0. The zero-order chi connectivity index (χ0) is 11.0. The Balaban J connectivity index is 0.000000791. The van der Waals surface area contributed by atoms with Crippen molar-refractivity contribution in [3.63, 3.8) is 0 Å². The Bertz CT molecular complexity index is 278. The van der Waals surface area contributed by atoms with Crippen molar-refractivity contribution in [2.75, 3.05) is 6.54 Å². The third-order valence-electron chi connectivity index (χ3n) is 1.91. The standard InChI is InChI=1S/C11H15N.C2H6/c1-4-5-11-7-6-10(3)12-8-9(11)2;1-2/h4-7H,8H2,1-3H3;1-2H3/b5-4-;. The quantitative estimate of drug-likeness (QED) is 0.595. The van der Waals surface area contributed by atoms with Crippen LogP contribution in [-0.2, 0) is 0 Å². The van der Waals surface area contributed by atoms with E-state index in [4.69, 9.17) is 0 Å². The lowest BCUT2D eigenvalue weighted by Gasteiger charge is -1.97. The van der Waals surface area contributed by atoms with E-state index in [1.807, 2.05) is 27.7 Å². The fourth-order valence-electron chi connectivity index (χ4n) is 1.12. The number of aliphatic imine (C=N–C) groups is 1. The van der Waals surface area contributed by atoms with Gasteiger partial charge in [-0.2, -0.15) is 0 Å². The minimum Gasteiger partial charge on any atom is -0.286 e. The Labute approximate surface area is 87.9 Å². The topological polar surface area (TPSA) is 12.4 Å². The maximum Gasteiger partial charge on any atom is 0.0608 e. The first-order valence-electron chi connectivity index (χ1n) is 5.25. The largest absolute Gasteiger partial charge is 0.286 e. The van der Waals surface area contributed by atoms with Gasteiger partial charge in [-0.1, -0.05) is 32.1 Å². The third kappa shape index (κ3) is 4.22. The Hall–Kier alpha value is -1.11. The van der Waals surface area contributed by atoms with Crippen LogP contribution in [0.2, 0.25) is 0 Å². The lowest BCUT2D eigenvalue weighted by Crippen LogP contribution is -1.87. The van der Waals surface area contributed by atoms with Crippen LogP contribution in [0.5, 0.6) is 0 Å². The van der Waals surface area contributed by atoms with Gasteiger partial charge in [-0.15, -0.1) is 0 Å². The zero-order valence-corrected chi connectivity index (χ0v) is 9.96. The zero-order valence-electron chi connectivity index (χ0n) is 9.96. The summed E-state index contributed by atoms with van der Waals surface area (Å²) in [6.45, 7) is 11.0. The summed E-state index contributed by atoms with van der Waals surface area (Å²) in [5.41, 5.74) is 3.73. The first-order chi connectivity index (χ1) is 6.74. The molecule has 78 valence electrons. The van der Waals surface area contributed by atoms with E-state index in [0.717, 1.165) is 12.3 Å². The van der Waals surface area contributed by atoms with E-state index in [0.29, 0.717) is 0 Å². The van der Waals surface area contributed by atoms with Gasteiger partial charge in [0.05, 0.1) is 6.54 Å². The van der Waals surface area contributed by atoms with Crippen molar-refractivity contribution in [3.05, 3.63) is 35.5 Å². The van der Waals surface area contributed by atoms with Gasteiger partial charge in [0.2, 0.25) is 0 Å². The lowest BCUT2D eigenvalue weighted by molar-refractivity contribution is 1.12. The second kappa shape index (κ2) is 7.31. The molecule has 0 saturated heterocycles. The van der Waals surface area contributed by atoms with E-state index in [1.165, 1.54) is 11.1 Å². The van der Waals surface area contributed by atoms with Gasteiger partial charge in [-0.05, 0) is 38.0 Å². The Morgan fingerprint density at radius 2 is 1.86 bits per heavy atom. The smallest absolute Gasteiger partial charge is 0.0608 e. The molecule has 1 aliphatic heterocycles. The molecule has 14 heavy (non-hydrogen) atoms. The van der Waals surface area contributed by atoms with E-state index in [9.17, 15) is 0 Å². The van der Waals surface area contributed by atoms with Gasteiger partial charge < -0.3 is 0 Å².